The molecule has 3 aromatic carbocycles. The number of fused-ring (bicyclic) bond motifs is 1. The summed E-state index contributed by atoms with van der Waals surface area (Å²) < 4.78 is -0.869. The Balaban J connectivity index is 1.40. The Morgan fingerprint density at radius 1 is 1.07 bits per heavy atom. The van der Waals surface area contributed by atoms with Gasteiger partial charge in [-0.25, -0.2) is 0 Å². The number of benzene rings is 3. The second kappa shape index (κ2) is 11.7. The highest BCUT2D eigenvalue weighted by atomic mass is 79.9. The number of amides is 3. The highest BCUT2D eigenvalue weighted by Crippen LogP contribution is 2.68. The molecule has 3 aliphatic heterocycles. The highest BCUT2D eigenvalue weighted by Gasteiger charge is 2.76. The number of aliphatic hydroxyl groups is 1. The van der Waals surface area contributed by atoms with Gasteiger partial charge in [0.1, 0.15) is 6.04 Å². The molecule has 10 heteroatoms. The second-order valence-corrected chi connectivity index (χ2v) is 14.3. The van der Waals surface area contributed by atoms with E-state index in [0.717, 1.165) is 16.7 Å². The Bertz CT molecular complexity index is 1490. The molecule has 6 rings (SSSR count). The van der Waals surface area contributed by atoms with E-state index in [1.165, 1.54) is 4.90 Å². The standard InChI is InChI=1S/C32H31BrClN3O4S/c1-18-9-8-14-22(34)26(18)36-30(40)28-32-15-21(33)27(42-32)24(29(39)35-16-19-10-4-2-5-11-19)25(32)31(41)37(28)23(17-38)20-12-6-3-7-13-20/h2-14,21,23-25,27-28,38H,15-17H2,1H3,(H,35,39)(H,36,40)/t21?,23-,24-,25+,27-,28?,32?/m1/s1. The molecule has 3 saturated heterocycles. The summed E-state index contributed by atoms with van der Waals surface area (Å²) in [6, 6.07) is 22.5. The Morgan fingerprint density at radius 3 is 2.43 bits per heavy atom. The Labute approximate surface area is 262 Å². The summed E-state index contributed by atoms with van der Waals surface area (Å²) in [4.78, 5) is 44.2. The van der Waals surface area contributed by atoms with Gasteiger partial charge in [-0.3, -0.25) is 14.4 Å². The molecule has 3 aliphatic rings. The number of carbonyl (C=O) groups is 3. The van der Waals surface area contributed by atoms with Crippen molar-refractivity contribution in [3.63, 3.8) is 0 Å². The van der Waals surface area contributed by atoms with Gasteiger partial charge in [0.05, 0.1) is 39.9 Å². The highest BCUT2D eigenvalue weighted by molar-refractivity contribution is 9.09. The number of anilines is 1. The number of nitrogens with one attached hydrogen (secondary N) is 2. The van der Waals surface area contributed by atoms with Crippen LogP contribution < -0.4 is 10.6 Å². The van der Waals surface area contributed by atoms with Crippen LogP contribution in [-0.4, -0.2) is 55.2 Å². The number of hydrogen-bond acceptors (Lipinski definition) is 5. The van der Waals surface area contributed by atoms with Crippen molar-refractivity contribution in [2.75, 3.05) is 11.9 Å². The third kappa shape index (κ3) is 4.84. The molecule has 0 saturated carbocycles. The van der Waals surface area contributed by atoms with E-state index in [1.54, 1.807) is 17.8 Å². The molecule has 3 unspecified atom stereocenters. The van der Waals surface area contributed by atoms with E-state index in [2.05, 4.69) is 26.6 Å². The summed E-state index contributed by atoms with van der Waals surface area (Å²) >= 11 is 11.9. The zero-order valence-corrected chi connectivity index (χ0v) is 26.0. The average molecular weight is 669 g/mol. The van der Waals surface area contributed by atoms with Crippen LogP contribution in [0, 0.1) is 18.8 Å². The summed E-state index contributed by atoms with van der Waals surface area (Å²) in [5, 5.41) is 17.0. The number of carbonyl (C=O) groups excluding carboxylic acids is 3. The monoisotopic (exact) mass is 667 g/mol. The summed E-state index contributed by atoms with van der Waals surface area (Å²) in [6.45, 7) is 1.83. The smallest absolute Gasteiger partial charge is 0.248 e. The fourth-order valence-corrected chi connectivity index (χ4v) is 10.8. The number of hydrogen-bond donors (Lipinski definition) is 3. The van der Waals surface area contributed by atoms with Crippen LogP contribution in [0.5, 0.6) is 0 Å². The van der Waals surface area contributed by atoms with E-state index in [-0.39, 0.29) is 34.4 Å². The normalized spacial score (nSPS) is 28.4. The number of nitrogens with zero attached hydrogens (tertiary/aromatic N) is 1. The van der Waals surface area contributed by atoms with Crippen LogP contribution in [0.25, 0.3) is 0 Å². The molecule has 0 aliphatic carbocycles. The lowest BCUT2D eigenvalue weighted by atomic mass is 9.70. The van der Waals surface area contributed by atoms with E-state index >= 15 is 0 Å². The lowest BCUT2D eigenvalue weighted by Gasteiger charge is -2.37. The van der Waals surface area contributed by atoms with Crippen LogP contribution in [-0.2, 0) is 20.9 Å². The quantitative estimate of drug-likeness (QED) is 0.290. The number of aliphatic hydroxyl groups excluding tert-OH is 1. The van der Waals surface area contributed by atoms with Crippen LogP contribution in [0.15, 0.2) is 78.9 Å². The third-order valence-electron chi connectivity index (χ3n) is 8.75. The number of alkyl halides is 1. The van der Waals surface area contributed by atoms with Crippen molar-refractivity contribution in [3.8, 4) is 0 Å². The third-order valence-corrected chi connectivity index (χ3v) is 12.3. The van der Waals surface area contributed by atoms with Gasteiger partial charge in [-0.05, 0) is 36.1 Å². The predicted molar refractivity (Wildman–Crippen MR) is 168 cm³/mol. The van der Waals surface area contributed by atoms with Crippen molar-refractivity contribution in [1.29, 1.82) is 0 Å². The fraction of sp³-hybridized carbons (Fsp3) is 0.344. The molecule has 3 heterocycles. The first-order valence-electron chi connectivity index (χ1n) is 13.9. The molecule has 7 atom stereocenters. The largest absolute Gasteiger partial charge is 0.394 e. The minimum atomic E-state index is -0.940. The molecular formula is C32H31BrClN3O4S. The molecular weight excluding hydrogens is 638 g/mol. The molecule has 1 spiro atoms. The molecule has 7 nitrogen and oxygen atoms in total. The number of thioether (sulfide) groups is 1. The molecule has 3 amide bonds. The van der Waals surface area contributed by atoms with E-state index in [0.29, 0.717) is 23.7 Å². The van der Waals surface area contributed by atoms with Crippen LogP contribution in [0.2, 0.25) is 5.02 Å². The maximum Gasteiger partial charge on any atom is 0.248 e. The number of para-hydroxylation sites is 1. The zero-order valence-electron chi connectivity index (χ0n) is 22.9. The minimum Gasteiger partial charge on any atom is -0.394 e. The lowest BCUT2D eigenvalue weighted by Crippen LogP contribution is -2.53. The van der Waals surface area contributed by atoms with Gasteiger partial charge in [0.25, 0.3) is 0 Å². The molecule has 3 N–H and O–H groups in total. The maximum absolute atomic E-state index is 14.5. The van der Waals surface area contributed by atoms with Crippen molar-refractivity contribution in [3.05, 3.63) is 101 Å². The number of aryl methyl sites for hydroxylation is 1. The maximum atomic E-state index is 14.5. The molecule has 0 aromatic heterocycles. The van der Waals surface area contributed by atoms with Crippen LogP contribution in [0.1, 0.15) is 29.2 Å². The van der Waals surface area contributed by atoms with Gasteiger partial charge in [0, 0.05) is 16.6 Å². The van der Waals surface area contributed by atoms with E-state index in [1.807, 2.05) is 79.7 Å². The lowest BCUT2D eigenvalue weighted by molar-refractivity contribution is -0.142. The van der Waals surface area contributed by atoms with Crippen molar-refractivity contribution >= 4 is 62.7 Å². The fourth-order valence-electron chi connectivity index (χ4n) is 6.92. The topological polar surface area (TPSA) is 98.7 Å². The number of halogens is 2. The molecule has 3 aromatic rings. The van der Waals surface area contributed by atoms with Gasteiger partial charge < -0.3 is 20.6 Å². The van der Waals surface area contributed by atoms with Gasteiger partial charge in [-0.1, -0.05) is 100 Å². The second-order valence-electron chi connectivity index (χ2n) is 11.1. The molecule has 3 fully saturated rings. The van der Waals surface area contributed by atoms with Crippen molar-refractivity contribution in [1.82, 2.24) is 10.2 Å². The first-order chi connectivity index (χ1) is 20.3. The first kappa shape index (κ1) is 29.2. The van der Waals surface area contributed by atoms with E-state index in [9.17, 15) is 19.5 Å². The molecule has 42 heavy (non-hydrogen) atoms. The van der Waals surface area contributed by atoms with Crippen molar-refractivity contribution in [2.24, 2.45) is 11.8 Å². The van der Waals surface area contributed by atoms with Crippen molar-refractivity contribution in [2.45, 2.75) is 46.8 Å². The van der Waals surface area contributed by atoms with E-state index in [4.69, 9.17) is 11.6 Å². The van der Waals surface area contributed by atoms with Crippen LogP contribution in [0.4, 0.5) is 5.69 Å². The Morgan fingerprint density at radius 2 is 1.76 bits per heavy atom. The molecule has 2 bridgehead atoms. The summed E-state index contributed by atoms with van der Waals surface area (Å²) in [5.74, 6) is -2.23. The Kier molecular flexibility index (Phi) is 8.13. The molecule has 0 radical (unpaired) electrons. The van der Waals surface area contributed by atoms with Crippen LogP contribution >= 0.6 is 39.3 Å². The first-order valence-corrected chi connectivity index (χ1v) is 16.1. The Hall–Kier alpha value is -2.85. The SMILES string of the molecule is Cc1cccc(Cl)c1NC(=O)C1N([C@H](CO)c2ccccc2)C(=O)[C@@H]2[C@@H](C(=O)NCc3ccccc3)[C@@H]3SC12CC3Br. The summed E-state index contributed by atoms with van der Waals surface area (Å²) in [5.41, 5.74) is 2.96. The molecule has 218 valence electrons. The minimum absolute atomic E-state index is 0.0689. The van der Waals surface area contributed by atoms with Gasteiger partial charge in [0.2, 0.25) is 17.7 Å². The summed E-state index contributed by atoms with van der Waals surface area (Å²) in [7, 11) is 0. The summed E-state index contributed by atoms with van der Waals surface area (Å²) in [6.07, 6.45) is 0.532. The number of likely N-dealkylation sites (tertiary alicyclic amines) is 1. The van der Waals surface area contributed by atoms with Crippen LogP contribution in [0.3, 0.4) is 0 Å². The average Bonchev–Trinajstić information content (AvgIpc) is 3.59. The van der Waals surface area contributed by atoms with Crippen molar-refractivity contribution < 1.29 is 19.5 Å². The predicted octanol–water partition coefficient (Wildman–Crippen LogP) is 5.10. The number of rotatable bonds is 8. The van der Waals surface area contributed by atoms with Gasteiger partial charge in [-0.15, -0.1) is 11.8 Å². The zero-order chi connectivity index (χ0) is 29.6. The van der Waals surface area contributed by atoms with E-state index < -0.39 is 28.7 Å². The van der Waals surface area contributed by atoms with Gasteiger partial charge in [0.15, 0.2) is 0 Å². The van der Waals surface area contributed by atoms with Gasteiger partial charge >= 0.3 is 0 Å². The van der Waals surface area contributed by atoms with Gasteiger partial charge in [-0.2, -0.15) is 0 Å².